The zero-order chi connectivity index (χ0) is 24.9. The van der Waals surface area contributed by atoms with Gasteiger partial charge in [-0.25, -0.2) is 9.59 Å². The predicted octanol–water partition coefficient (Wildman–Crippen LogP) is 5.19. The molecule has 1 aromatic rings. The van der Waals surface area contributed by atoms with Gasteiger partial charge in [0.15, 0.2) is 0 Å². The first-order chi connectivity index (χ1) is 16.7. The number of piperidine rings is 2. The molecule has 7 nitrogen and oxygen atoms in total. The normalized spacial score (nSPS) is 21.4. The highest BCUT2D eigenvalue weighted by Gasteiger charge is 2.46. The predicted molar refractivity (Wildman–Crippen MR) is 136 cm³/mol. The first-order valence-corrected chi connectivity index (χ1v) is 13.4. The van der Waals surface area contributed by atoms with E-state index in [1.165, 1.54) is 19.3 Å². The highest BCUT2D eigenvalue weighted by Crippen LogP contribution is 2.49. The number of alkyl carbamates (subject to hydrolysis) is 1. The molecule has 2 amide bonds. The largest absolute Gasteiger partial charge is 0.445 e. The summed E-state index contributed by atoms with van der Waals surface area (Å²) in [7, 11) is 0. The molecule has 35 heavy (non-hydrogen) atoms. The van der Waals surface area contributed by atoms with Gasteiger partial charge in [-0.2, -0.15) is 0 Å². The SMILES string of the molecule is CC(C)(C)OC(=O)N1CCC(CCN2CCC3(CC2)CC(NC(=O)OCc2ccccc2)C3)CC1. The zero-order valence-electron chi connectivity index (χ0n) is 21.8. The van der Waals surface area contributed by atoms with Crippen LogP contribution in [0.4, 0.5) is 9.59 Å². The molecule has 0 unspecified atom stereocenters. The third-order valence-corrected chi connectivity index (χ3v) is 7.93. The molecule has 7 heteroatoms. The fraction of sp³-hybridized carbons (Fsp3) is 0.714. The van der Waals surface area contributed by atoms with Gasteiger partial charge < -0.3 is 24.6 Å². The van der Waals surface area contributed by atoms with Crippen LogP contribution >= 0.6 is 0 Å². The number of benzene rings is 1. The topological polar surface area (TPSA) is 71.1 Å². The fourth-order valence-electron chi connectivity index (χ4n) is 5.77. The van der Waals surface area contributed by atoms with E-state index < -0.39 is 5.60 Å². The Kier molecular flexibility index (Phi) is 8.25. The Morgan fingerprint density at radius 1 is 1.03 bits per heavy atom. The van der Waals surface area contributed by atoms with Crippen LogP contribution in [-0.4, -0.2) is 66.4 Å². The summed E-state index contributed by atoms with van der Waals surface area (Å²) in [5, 5.41) is 3.05. The number of rotatable bonds is 6. The molecule has 4 rings (SSSR count). The number of nitrogens with zero attached hydrogens (tertiary/aromatic N) is 2. The van der Waals surface area contributed by atoms with Crippen molar-refractivity contribution in [3.8, 4) is 0 Å². The number of carbonyl (C=O) groups excluding carboxylic acids is 2. The molecule has 2 saturated heterocycles. The summed E-state index contributed by atoms with van der Waals surface area (Å²) in [6.45, 7) is 11.2. The lowest BCUT2D eigenvalue weighted by molar-refractivity contribution is 0.00231. The van der Waals surface area contributed by atoms with Gasteiger partial charge in [-0.15, -0.1) is 0 Å². The molecule has 1 aliphatic carbocycles. The molecule has 1 saturated carbocycles. The average molecular weight is 486 g/mol. The maximum Gasteiger partial charge on any atom is 0.410 e. The van der Waals surface area contributed by atoms with Crippen molar-refractivity contribution in [2.45, 2.75) is 84.0 Å². The summed E-state index contributed by atoms with van der Waals surface area (Å²) in [4.78, 5) is 28.9. The second kappa shape index (κ2) is 11.2. The first kappa shape index (κ1) is 25.8. The Morgan fingerprint density at radius 2 is 1.69 bits per heavy atom. The first-order valence-electron chi connectivity index (χ1n) is 13.4. The molecule has 1 N–H and O–H groups in total. The maximum atomic E-state index is 12.3. The Bertz CT molecular complexity index is 830. The second-order valence-corrected chi connectivity index (χ2v) is 11.9. The number of hydrogen-bond acceptors (Lipinski definition) is 5. The smallest absolute Gasteiger partial charge is 0.410 e. The molecule has 3 fully saturated rings. The minimum absolute atomic E-state index is 0.171. The van der Waals surface area contributed by atoms with Crippen LogP contribution in [0.25, 0.3) is 0 Å². The molecular formula is C28H43N3O4. The van der Waals surface area contributed by atoms with Gasteiger partial charge in [0, 0.05) is 19.1 Å². The lowest BCUT2D eigenvalue weighted by atomic mass is 9.60. The molecule has 2 heterocycles. The van der Waals surface area contributed by atoms with Crippen molar-refractivity contribution in [1.29, 1.82) is 0 Å². The summed E-state index contributed by atoms with van der Waals surface area (Å²) in [5.74, 6) is 0.698. The summed E-state index contributed by atoms with van der Waals surface area (Å²) in [6.07, 6.45) is 7.48. The van der Waals surface area contributed by atoms with Gasteiger partial charge >= 0.3 is 12.2 Å². The minimum atomic E-state index is -0.429. The van der Waals surface area contributed by atoms with Crippen molar-refractivity contribution in [2.75, 3.05) is 32.7 Å². The van der Waals surface area contributed by atoms with E-state index in [1.54, 1.807) is 0 Å². The summed E-state index contributed by atoms with van der Waals surface area (Å²) in [5.41, 5.74) is 0.989. The minimum Gasteiger partial charge on any atom is -0.445 e. The molecule has 0 atom stereocenters. The number of ether oxygens (including phenoxy) is 2. The standard InChI is InChI=1S/C28H43N3O4/c1-27(2,3)35-26(33)31-15-10-22(11-16-31)9-14-30-17-12-28(13-18-30)19-24(20-28)29-25(32)34-21-23-7-5-4-6-8-23/h4-8,22,24H,9-21H2,1-3H3,(H,29,32). The number of nitrogens with one attached hydrogen (secondary N) is 1. The molecule has 1 spiro atoms. The van der Waals surface area contributed by atoms with Gasteiger partial charge in [0.25, 0.3) is 0 Å². The van der Waals surface area contributed by atoms with Crippen molar-refractivity contribution >= 4 is 12.2 Å². The van der Waals surface area contributed by atoms with Crippen molar-refractivity contribution < 1.29 is 19.1 Å². The molecule has 194 valence electrons. The van der Waals surface area contributed by atoms with Gasteiger partial charge in [0.1, 0.15) is 12.2 Å². The Balaban J connectivity index is 1.07. The Hall–Kier alpha value is -2.28. The lowest BCUT2D eigenvalue weighted by Crippen LogP contribution is -2.55. The zero-order valence-corrected chi connectivity index (χ0v) is 21.8. The van der Waals surface area contributed by atoms with E-state index in [4.69, 9.17) is 9.47 Å². The third-order valence-electron chi connectivity index (χ3n) is 7.93. The van der Waals surface area contributed by atoms with Crippen LogP contribution in [0.5, 0.6) is 0 Å². The van der Waals surface area contributed by atoms with Crippen LogP contribution in [0, 0.1) is 11.3 Å². The van der Waals surface area contributed by atoms with Crippen LogP contribution in [0.1, 0.15) is 71.3 Å². The highest BCUT2D eigenvalue weighted by molar-refractivity contribution is 5.68. The Labute approximate surface area is 210 Å². The van der Waals surface area contributed by atoms with Gasteiger partial charge in [-0.05, 0) is 102 Å². The van der Waals surface area contributed by atoms with Crippen molar-refractivity contribution in [1.82, 2.24) is 15.1 Å². The highest BCUT2D eigenvalue weighted by atomic mass is 16.6. The molecular weight excluding hydrogens is 442 g/mol. The van der Waals surface area contributed by atoms with Crippen molar-refractivity contribution in [3.05, 3.63) is 35.9 Å². The quantitative estimate of drug-likeness (QED) is 0.600. The Morgan fingerprint density at radius 3 is 2.31 bits per heavy atom. The maximum absolute atomic E-state index is 12.3. The number of likely N-dealkylation sites (tertiary alicyclic amines) is 2. The van der Waals surface area contributed by atoms with Crippen molar-refractivity contribution in [2.24, 2.45) is 11.3 Å². The molecule has 2 aliphatic heterocycles. The van der Waals surface area contributed by atoms with Crippen LogP contribution in [0.2, 0.25) is 0 Å². The number of hydrogen-bond donors (Lipinski definition) is 1. The van der Waals surface area contributed by atoms with E-state index in [0.29, 0.717) is 17.9 Å². The second-order valence-electron chi connectivity index (χ2n) is 11.9. The van der Waals surface area contributed by atoms with Crippen molar-refractivity contribution in [3.63, 3.8) is 0 Å². The van der Waals surface area contributed by atoms with Crippen LogP contribution in [0.3, 0.4) is 0 Å². The monoisotopic (exact) mass is 485 g/mol. The van der Waals surface area contributed by atoms with Gasteiger partial charge in [0.2, 0.25) is 0 Å². The van der Waals surface area contributed by atoms with Crippen LogP contribution in [0.15, 0.2) is 30.3 Å². The fourth-order valence-corrected chi connectivity index (χ4v) is 5.77. The molecule has 1 aromatic carbocycles. The molecule has 0 aromatic heterocycles. The summed E-state index contributed by atoms with van der Waals surface area (Å²) < 4.78 is 10.9. The molecule has 0 radical (unpaired) electrons. The molecule has 3 aliphatic rings. The van der Waals surface area contributed by atoms with E-state index in [-0.39, 0.29) is 18.2 Å². The average Bonchev–Trinajstić information content (AvgIpc) is 2.81. The third kappa shape index (κ3) is 7.60. The van der Waals surface area contributed by atoms with Gasteiger partial charge in [-0.1, -0.05) is 30.3 Å². The van der Waals surface area contributed by atoms with E-state index in [9.17, 15) is 9.59 Å². The van der Waals surface area contributed by atoms with E-state index >= 15 is 0 Å². The lowest BCUT2D eigenvalue weighted by Gasteiger charge is -2.52. The van der Waals surface area contributed by atoms with E-state index in [2.05, 4.69) is 10.2 Å². The van der Waals surface area contributed by atoms with Crippen LogP contribution in [-0.2, 0) is 16.1 Å². The summed E-state index contributed by atoms with van der Waals surface area (Å²) >= 11 is 0. The number of amides is 2. The van der Waals surface area contributed by atoms with Gasteiger partial charge in [-0.3, -0.25) is 0 Å². The van der Waals surface area contributed by atoms with E-state index in [0.717, 1.165) is 64.0 Å². The van der Waals surface area contributed by atoms with E-state index in [1.807, 2.05) is 56.0 Å². The summed E-state index contributed by atoms with van der Waals surface area (Å²) in [6, 6.07) is 10.0. The number of carbonyl (C=O) groups is 2. The molecule has 0 bridgehead atoms. The van der Waals surface area contributed by atoms with Crippen LogP contribution < -0.4 is 5.32 Å². The van der Waals surface area contributed by atoms with Gasteiger partial charge in [0.05, 0.1) is 0 Å².